The molecule has 288 valence electrons. The molecular weight excluding hydrogens is 680 g/mol. The van der Waals surface area contributed by atoms with E-state index in [4.69, 9.17) is 9.47 Å². The van der Waals surface area contributed by atoms with Crippen molar-refractivity contribution in [3.8, 4) is 0 Å². The summed E-state index contributed by atoms with van der Waals surface area (Å²) in [5.41, 5.74) is 0.690. The maximum atomic E-state index is 14.4. The van der Waals surface area contributed by atoms with Crippen molar-refractivity contribution in [2.24, 2.45) is 28.6 Å². The molecule has 6 rings (SSSR count). The lowest BCUT2D eigenvalue weighted by molar-refractivity contribution is -0.152. The van der Waals surface area contributed by atoms with E-state index in [1.165, 1.54) is 19.7 Å². The number of ether oxygens (including phenoxy) is 2. The van der Waals surface area contributed by atoms with E-state index >= 15 is 0 Å². The van der Waals surface area contributed by atoms with Crippen molar-refractivity contribution >= 4 is 29.6 Å². The number of amides is 4. The summed E-state index contributed by atoms with van der Waals surface area (Å²) in [6.45, 7) is 7.54. The molecule has 53 heavy (non-hydrogen) atoms. The third-order valence-electron chi connectivity index (χ3n) is 11.8. The van der Waals surface area contributed by atoms with Gasteiger partial charge in [-0.1, -0.05) is 63.4 Å². The zero-order chi connectivity index (χ0) is 37.9. The molecule has 5 atom stereocenters. The number of aliphatic carboxylic acids is 1. The molecule has 14 nitrogen and oxygen atoms in total. The van der Waals surface area contributed by atoms with Crippen LogP contribution in [0.25, 0.3) is 0 Å². The zero-order valence-corrected chi connectivity index (χ0v) is 31.3. The Labute approximate surface area is 310 Å². The van der Waals surface area contributed by atoms with Crippen LogP contribution in [0.15, 0.2) is 42.7 Å². The predicted octanol–water partition coefficient (Wildman–Crippen LogP) is 2.56. The first-order chi connectivity index (χ1) is 25.3. The molecule has 1 aromatic carbocycles. The van der Waals surface area contributed by atoms with Gasteiger partial charge in [0.15, 0.2) is 6.10 Å². The number of nitrogens with zero attached hydrogens (tertiary/aromatic N) is 4. The van der Waals surface area contributed by atoms with Crippen LogP contribution in [-0.2, 0) is 35.2 Å². The summed E-state index contributed by atoms with van der Waals surface area (Å²) < 4.78 is 12.9. The van der Waals surface area contributed by atoms with E-state index in [1.807, 2.05) is 30.3 Å². The van der Waals surface area contributed by atoms with Gasteiger partial charge >= 0.3 is 5.97 Å². The zero-order valence-electron chi connectivity index (χ0n) is 31.3. The Bertz CT molecular complexity index is 1650. The molecule has 14 heteroatoms. The number of carboxylic acids is 1. The molecule has 0 radical (unpaired) electrons. The largest absolute Gasteiger partial charge is 0.479 e. The van der Waals surface area contributed by atoms with Gasteiger partial charge in [-0.3, -0.25) is 23.9 Å². The minimum atomic E-state index is -1.27. The van der Waals surface area contributed by atoms with Crippen LogP contribution in [0.2, 0.25) is 0 Å². The van der Waals surface area contributed by atoms with Gasteiger partial charge in [0.1, 0.15) is 6.04 Å². The van der Waals surface area contributed by atoms with Crippen molar-refractivity contribution in [2.45, 2.75) is 84.1 Å². The first kappa shape index (κ1) is 38.4. The normalized spacial score (nSPS) is 23.5. The molecule has 2 aliphatic carbocycles. The van der Waals surface area contributed by atoms with Gasteiger partial charge in [-0.05, 0) is 43.1 Å². The molecule has 4 aliphatic rings. The first-order valence-electron chi connectivity index (χ1n) is 18.9. The highest BCUT2D eigenvalue weighted by molar-refractivity contribution is 5.96. The van der Waals surface area contributed by atoms with Crippen LogP contribution >= 0.6 is 0 Å². The average Bonchev–Trinajstić information content (AvgIpc) is 3.42. The van der Waals surface area contributed by atoms with Crippen LogP contribution in [0.3, 0.4) is 0 Å². The van der Waals surface area contributed by atoms with Crippen LogP contribution in [0.5, 0.6) is 0 Å². The SMILES string of the molecule is COC(CNC(=O)[C@@H](NC(=O)[C@@H]1CN(C(=O)c2cnn(Cc3ccccc3)c2)CC12CN(C(=O)[C@H]1CC1(C)C)C2)[C@@H](C)OCC1CCCCC1)C(=O)O. The Kier molecular flexibility index (Phi) is 11.6. The summed E-state index contributed by atoms with van der Waals surface area (Å²) in [5, 5.41) is 19.4. The summed E-state index contributed by atoms with van der Waals surface area (Å²) in [6.07, 6.45) is 7.59. The van der Waals surface area contributed by atoms with E-state index in [1.54, 1.807) is 27.6 Å². The van der Waals surface area contributed by atoms with E-state index in [-0.39, 0.29) is 42.8 Å². The highest BCUT2D eigenvalue weighted by Crippen LogP contribution is 2.54. The Hall–Kier alpha value is -4.30. The molecule has 2 saturated heterocycles. The number of carboxylic acid groups (broad SMARTS) is 1. The van der Waals surface area contributed by atoms with Crippen LogP contribution in [-0.4, -0.2) is 119 Å². The standard InChI is InChI=1S/C39H54N6O8/c1-25(53-21-27-13-9-6-10-14-27)32(34(47)40-17-31(52-4)37(50)51)42-33(46)30-20-43(22-39(30)23-44(24-39)36(49)29-15-38(29,2)3)35(48)28-16-41-45(19-28)18-26-11-7-5-8-12-26/h5,7-8,11-12,16,19,25,27,29-32H,6,9-10,13-15,17-18,20-24H2,1-4H3,(H,40,47)(H,42,46)(H,50,51)/t25-,29-,30+,31?,32+/m1/s1. The van der Waals surface area contributed by atoms with Gasteiger partial charge in [-0.25, -0.2) is 4.79 Å². The second kappa shape index (κ2) is 16.0. The Morgan fingerprint density at radius 3 is 2.32 bits per heavy atom. The summed E-state index contributed by atoms with van der Waals surface area (Å²) >= 11 is 0. The lowest BCUT2D eigenvalue weighted by Crippen LogP contribution is -2.65. The second-order valence-corrected chi connectivity index (χ2v) is 16.3. The number of methoxy groups -OCH3 is 1. The average molecular weight is 735 g/mol. The van der Waals surface area contributed by atoms with E-state index in [2.05, 4.69) is 29.6 Å². The fourth-order valence-corrected chi connectivity index (χ4v) is 8.26. The highest BCUT2D eigenvalue weighted by atomic mass is 16.5. The molecule has 1 spiro atoms. The minimum absolute atomic E-state index is 0.0506. The van der Waals surface area contributed by atoms with Gasteiger partial charge in [0.05, 0.1) is 36.9 Å². The van der Waals surface area contributed by atoms with Gasteiger partial charge in [-0.15, -0.1) is 0 Å². The minimum Gasteiger partial charge on any atom is -0.479 e. The molecule has 4 fully saturated rings. The molecular formula is C39H54N6O8. The van der Waals surface area contributed by atoms with E-state index in [9.17, 15) is 29.1 Å². The van der Waals surface area contributed by atoms with Crippen molar-refractivity contribution in [3.05, 3.63) is 53.9 Å². The highest BCUT2D eigenvalue weighted by Gasteiger charge is 2.62. The summed E-state index contributed by atoms with van der Waals surface area (Å²) in [4.78, 5) is 70.4. The lowest BCUT2D eigenvalue weighted by Gasteiger charge is -2.50. The molecule has 1 aromatic heterocycles. The number of carbonyl (C=O) groups is 5. The molecule has 3 heterocycles. The van der Waals surface area contributed by atoms with Crippen molar-refractivity contribution in [2.75, 3.05) is 46.4 Å². The van der Waals surface area contributed by atoms with Crippen molar-refractivity contribution in [3.63, 3.8) is 0 Å². The number of carbonyl (C=O) groups excluding carboxylic acids is 4. The van der Waals surface area contributed by atoms with E-state index < -0.39 is 47.4 Å². The van der Waals surface area contributed by atoms with Gasteiger partial charge in [-0.2, -0.15) is 5.10 Å². The fraction of sp³-hybridized carbons (Fsp3) is 0.641. The molecule has 0 bridgehead atoms. The third kappa shape index (κ3) is 8.75. The Balaban J connectivity index is 1.19. The molecule has 4 amide bonds. The number of aromatic nitrogens is 2. The van der Waals surface area contributed by atoms with Gasteiger partial charge in [0.2, 0.25) is 17.7 Å². The molecule has 2 saturated carbocycles. The number of rotatable bonds is 15. The maximum absolute atomic E-state index is 14.4. The van der Waals surface area contributed by atoms with Crippen LogP contribution in [0, 0.1) is 28.6 Å². The number of benzene rings is 1. The predicted molar refractivity (Wildman–Crippen MR) is 193 cm³/mol. The fourth-order valence-electron chi connectivity index (χ4n) is 8.26. The van der Waals surface area contributed by atoms with Crippen LogP contribution in [0.4, 0.5) is 0 Å². The van der Waals surface area contributed by atoms with Crippen LogP contribution < -0.4 is 10.6 Å². The maximum Gasteiger partial charge on any atom is 0.334 e. The lowest BCUT2D eigenvalue weighted by atomic mass is 9.70. The smallest absolute Gasteiger partial charge is 0.334 e. The van der Waals surface area contributed by atoms with E-state index in [0.29, 0.717) is 37.7 Å². The quantitative estimate of drug-likeness (QED) is 0.249. The molecule has 1 unspecified atom stereocenters. The van der Waals surface area contributed by atoms with E-state index in [0.717, 1.165) is 37.7 Å². The molecule has 3 N–H and O–H groups in total. The van der Waals surface area contributed by atoms with Crippen molar-refractivity contribution in [1.82, 2.24) is 30.2 Å². The third-order valence-corrected chi connectivity index (χ3v) is 11.8. The molecule has 2 aliphatic heterocycles. The van der Waals surface area contributed by atoms with Crippen molar-refractivity contribution in [1.29, 1.82) is 0 Å². The summed E-state index contributed by atoms with van der Waals surface area (Å²) in [5.74, 6) is -2.84. The topological polar surface area (TPSA) is 172 Å². The second-order valence-electron chi connectivity index (χ2n) is 16.3. The van der Waals surface area contributed by atoms with Crippen molar-refractivity contribution < 1.29 is 38.6 Å². The monoisotopic (exact) mass is 734 g/mol. The molecule has 2 aromatic rings. The first-order valence-corrected chi connectivity index (χ1v) is 18.9. The van der Waals surface area contributed by atoms with Gasteiger partial charge < -0.3 is 35.0 Å². The Morgan fingerprint density at radius 1 is 1.00 bits per heavy atom. The van der Waals surface area contributed by atoms with Gasteiger partial charge in [0, 0.05) is 57.4 Å². The van der Waals surface area contributed by atoms with Crippen LogP contribution in [0.1, 0.15) is 75.2 Å². The Morgan fingerprint density at radius 2 is 1.68 bits per heavy atom. The number of hydrogen-bond acceptors (Lipinski definition) is 8. The number of hydrogen-bond donors (Lipinski definition) is 3. The summed E-state index contributed by atoms with van der Waals surface area (Å²) in [6, 6.07) is 8.66. The number of nitrogens with one attached hydrogen (secondary N) is 2. The summed E-state index contributed by atoms with van der Waals surface area (Å²) in [7, 11) is 1.25. The number of likely N-dealkylation sites (tertiary alicyclic amines) is 2. The van der Waals surface area contributed by atoms with Gasteiger partial charge in [0.25, 0.3) is 5.91 Å².